The summed E-state index contributed by atoms with van der Waals surface area (Å²) in [5.74, 6) is 0.373. The molecule has 1 aromatic heterocycles. The third-order valence-electron chi connectivity index (χ3n) is 3.47. The molecule has 17 heavy (non-hydrogen) atoms. The van der Waals surface area contributed by atoms with E-state index in [1.54, 1.807) is 0 Å². The van der Waals surface area contributed by atoms with Crippen LogP contribution in [-0.2, 0) is 4.79 Å². The van der Waals surface area contributed by atoms with Gasteiger partial charge in [-0.2, -0.15) is 0 Å². The van der Waals surface area contributed by atoms with Gasteiger partial charge in [-0.15, -0.1) is 0 Å². The van der Waals surface area contributed by atoms with E-state index >= 15 is 0 Å². The van der Waals surface area contributed by atoms with Crippen molar-refractivity contribution in [1.29, 1.82) is 0 Å². The summed E-state index contributed by atoms with van der Waals surface area (Å²) in [5.41, 5.74) is 0.0543. The van der Waals surface area contributed by atoms with Gasteiger partial charge < -0.3 is 5.32 Å². The van der Waals surface area contributed by atoms with Crippen LogP contribution in [0.2, 0.25) is 5.15 Å². The van der Waals surface area contributed by atoms with Crippen molar-refractivity contribution < 1.29 is 4.79 Å². The maximum absolute atomic E-state index is 12.1. The lowest BCUT2D eigenvalue weighted by molar-refractivity contribution is -0.122. The van der Waals surface area contributed by atoms with Gasteiger partial charge in [0.2, 0.25) is 5.91 Å². The lowest BCUT2D eigenvalue weighted by Crippen LogP contribution is -2.31. The molecule has 1 aliphatic rings. The van der Waals surface area contributed by atoms with E-state index in [9.17, 15) is 4.79 Å². The number of hydrogen-bond donors (Lipinski definition) is 1. The van der Waals surface area contributed by atoms with E-state index < -0.39 is 0 Å². The van der Waals surface area contributed by atoms with Crippen LogP contribution in [0.15, 0.2) is 12.4 Å². The molecular weight excluding hydrogens is 238 g/mol. The lowest BCUT2D eigenvalue weighted by atomic mass is 9.81. The quantitative estimate of drug-likeness (QED) is 0.882. The molecule has 1 atom stereocenters. The van der Waals surface area contributed by atoms with Crippen molar-refractivity contribution in [2.45, 2.75) is 33.1 Å². The van der Waals surface area contributed by atoms with Gasteiger partial charge in [-0.05, 0) is 18.3 Å². The minimum atomic E-state index is -0.00472. The Hall–Kier alpha value is -1.16. The second kappa shape index (κ2) is 4.61. The van der Waals surface area contributed by atoms with Crippen LogP contribution in [0.25, 0.3) is 0 Å². The van der Waals surface area contributed by atoms with Crippen molar-refractivity contribution in [3.63, 3.8) is 0 Å². The molecule has 1 aromatic rings. The van der Waals surface area contributed by atoms with Gasteiger partial charge in [0, 0.05) is 18.3 Å². The van der Waals surface area contributed by atoms with Crippen LogP contribution in [0, 0.1) is 11.3 Å². The number of amides is 1. The van der Waals surface area contributed by atoms with Crippen molar-refractivity contribution in [3.8, 4) is 0 Å². The molecule has 0 saturated heterocycles. The van der Waals surface area contributed by atoms with Gasteiger partial charge in [0.15, 0.2) is 11.0 Å². The van der Waals surface area contributed by atoms with Crippen LogP contribution in [0.5, 0.6) is 0 Å². The van der Waals surface area contributed by atoms with Crippen LogP contribution in [0.1, 0.15) is 33.1 Å². The van der Waals surface area contributed by atoms with E-state index in [0.29, 0.717) is 5.82 Å². The summed E-state index contributed by atoms with van der Waals surface area (Å²) in [6.07, 6.45) is 6.12. The molecule has 4 nitrogen and oxygen atoms in total. The van der Waals surface area contributed by atoms with Gasteiger partial charge in [0.25, 0.3) is 0 Å². The third kappa shape index (κ3) is 2.57. The van der Waals surface area contributed by atoms with Gasteiger partial charge >= 0.3 is 0 Å². The Morgan fingerprint density at radius 2 is 2.18 bits per heavy atom. The number of halogens is 1. The van der Waals surface area contributed by atoms with Gasteiger partial charge in [0.1, 0.15) is 0 Å². The number of hydrogen-bond acceptors (Lipinski definition) is 3. The number of aromatic nitrogens is 2. The molecule has 0 bridgehead atoms. The topological polar surface area (TPSA) is 54.9 Å². The molecule has 92 valence electrons. The second-order valence-electron chi connectivity index (χ2n) is 5.12. The average molecular weight is 254 g/mol. The number of carbonyl (C=O) groups is 1. The van der Waals surface area contributed by atoms with Crippen molar-refractivity contribution in [2.75, 3.05) is 5.32 Å². The van der Waals surface area contributed by atoms with E-state index in [1.807, 2.05) is 0 Å². The number of nitrogens with zero attached hydrogens (tertiary/aromatic N) is 2. The van der Waals surface area contributed by atoms with E-state index in [-0.39, 0.29) is 22.4 Å². The fourth-order valence-corrected chi connectivity index (χ4v) is 2.57. The molecule has 2 rings (SSSR count). The third-order valence-corrected chi connectivity index (χ3v) is 3.75. The Labute approximate surface area is 106 Å². The van der Waals surface area contributed by atoms with Crippen molar-refractivity contribution in [3.05, 3.63) is 17.5 Å². The molecule has 1 heterocycles. The molecule has 1 unspecified atom stereocenters. The largest absolute Gasteiger partial charge is 0.308 e. The SMILES string of the molecule is CC1(C)CCCC1C(=O)Nc1nccnc1Cl. The standard InChI is InChI=1S/C12H16ClN3O/c1-12(2)5-3-4-8(12)11(17)16-10-9(13)14-6-7-15-10/h6-8H,3-5H2,1-2H3,(H,15,16,17). The highest BCUT2D eigenvalue weighted by Gasteiger charge is 2.39. The van der Waals surface area contributed by atoms with E-state index in [2.05, 4.69) is 29.1 Å². The van der Waals surface area contributed by atoms with Crippen molar-refractivity contribution >= 4 is 23.3 Å². The highest BCUT2D eigenvalue weighted by atomic mass is 35.5. The number of rotatable bonds is 2. The molecular formula is C12H16ClN3O. The average Bonchev–Trinajstić information content (AvgIpc) is 2.61. The zero-order chi connectivity index (χ0) is 12.5. The molecule has 0 aliphatic heterocycles. The highest BCUT2D eigenvalue weighted by Crippen LogP contribution is 2.43. The molecule has 0 spiro atoms. The molecule has 1 saturated carbocycles. The smallest absolute Gasteiger partial charge is 0.229 e. The first kappa shape index (κ1) is 12.3. The first-order valence-electron chi connectivity index (χ1n) is 5.78. The Balaban J connectivity index is 2.10. The fourth-order valence-electron chi connectivity index (χ4n) is 2.42. The molecule has 1 aliphatic carbocycles. The van der Waals surface area contributed by atoms with E-state index in [4.69, 9.17) is 11.6 Å². The van der Waals surface area contributed by atoms with E-state index in [0.717, 1.165) is 19.3 Å². The van der Waals surface area contributed by atoms with Gasteiger partial charge in [-0.25, -0.2) is 9.97 Å². The molecule has 0 radical (unpaired) electrons. The van der Waals surface area contributed by atoms with Crippen molar-refractivity contribution in [2.24, 2.45) is 11.3 Å². The summed E-state index contributed by atoms with van der Waals surface area (Å²) in [6, 6.07) is 0. The van der Waals surface area contributed by atoms with Crippen LogP contribution in [0.4, 0.5) is 5.82 Å². The van der Waals surface area contributed by atoms with Gasteiger partial charge in [0.05, 0.1) is 0 Å². The summed E-state index contributed by atoms with van der Waals surface area (Å²) >= 11 is 5.86. The molecule has 1 amide bonds. The predicted octanol–water partition coefficient (Wildman–Crippen LogP) is 2.89. The Kier molecular flexibility index (Phi) is 3.33. The maximum Gasteiger partial charge on any atom is 0.229 e. The number of anilines is 1. The van der Waals surface area contributed by atoms with Crippen LogP contribution < -0.4 is 5.32 Å². The van der Waals surface area contributed by atoms with Gasteiger partial charge in [-0.3, -0.25) is 4.79 Å². The zero-order valence-corrected chi connectivity index (χ0v) is 10.8. The first-order valence-corrected chi connectivity index (χ1v) is 6.16. The first-order chi connectivity index (χ1) is 8.00. The Morgan fingerprint density at radius 1 is 1.47 bits per heavy atom. The Bertz CT molecular complexity index is 434. The molecule has 1 N–H and O–H groups in total. The van der Waals surface area contributed by atoms with Gasteiger partial charge in [-0.1, -0.05) is 31.9 Å². The summed E-state index contributed by atoms with van der Waals surface area (Å²) in [5, 5.41) is 3.00. The summed E-state index contributed by atoms with van der Waals surface area (Å²) in [7, 11) is 0. The number of carbonyl (C=O) groups excluding carboxylic acids is 1. The summed E-state index contributed by atoms with van der Waals surface area (Å²) in [4.78, 5) is 20.0. The fraction of sp³-hybridized carbons (Fsp3) is 0.583. The molecule has 5 heteroatoms. The second-order valence-corrected chi connectivity index (χ2v) is 5.48. The monoisotopic (exact) mass is 253 g/mol. The van der Waals surface area contributed by atoms with Crippen LogP contribution >= 0.6 is 11.6 Å². The predicted molar refractivity (Wildman–Crippen MR) is 66.8 cm³/mol. The van der Waals surface area contributed by atoms with Crippen LogP contribution in [-0.4, -0.2) is 15.9 Å². The summed E-state index contributed by atoms with van der Waals surface area (Å²) in [6.45, 7) is 4.26. The minimum absolute atomic E-state index is 0.00472. The highest BCUT2D eigenvalue weighted by molar-refractivity contribution is 6.32. The maximum atomic E-state index is 12.1. The zero-order valence-electron chi connectivity index (χ0n) is 10.0. The van der Waals surface area contributed by atoms with Crippen molar-refractivity contribution in [1.82, 2.24) is 9.97 Å². The molecule has 0 aromatic carbocycles. The lowest BCUT2D eigenvalue weighted by Gasteiger charge is -2.25. The normalized spacial score (nSPS) is 22.4. The van der Waals surface area contributed by atoms with Crippen LogP contribution in [0.3, 0.4) is 0 Å². The number of nitrogens with one attached hydrogen (secondary N) is 1. The summed E-state index contributed by atoms with van der Waals surface area (Å²) < 4.78 is 0. The molecule has 1 fully saturated rings. The minimum Gasteiger partial charge on any atom is -0.308 e. The van der Waals surface area contributed by atoms with E-state index in [1.165, 1.54) is 12.4 Å². The Morgan fingerprint density at radius 3 is 2.76 bits per heavy atom.